The largest absolute Gasteiger partial charge is 0.479 e. The number of aromatic nitrogens is 1. The van der Waals surface area contributed by atoms with Gasteiger partial charge >= 0.3 is 0 Å². The summed E-state index contributed by atoms with van der Waals surface area (Å²) in [4.78, 5) is 13.9. The Morgan fingerprint density at radius 2 is 2.62 bits per heavy atom. The molecule has 0 aromatic carbocycles. The van der Waals surface area contributed by atoms with Crippen molar-refractivity contribution in [3.8, 4) is 5.88 Å². The molecular weight excluding hydrogens is 210 g/mol. The molecule has 2 aliphatic rings. The van der Waals surface area contributed by atoms with Gasteiger partial charge in [-0.3, -0.25) is 4.79 Å². The summed E-state index contributed by atoms with van der Waals surface area (Å²) in [6, 6.07) is 2.32. The van der Waals surface area contributed by atoms with Gasteiger partial charge in [0, 0.05) is 19.1 Å². The van der Waals surface area contributed by atoms with E-state index in [0.29, 0.717) is 18.0 Å². The van der Waals surface area contributed by atoms with Gasteiger partial charge in [-0.05, 0) is 11.6 Å². The van der Waals surface area contributed by atoms with Crippen LogP contribution in [-0.2, 0) is 0 Å². The van der Waals surface area contributed by atoms with E-state index in [4.69, 9.17) is 9.26 Å². The lowest BCUT2D eigenvalue weighted by molar-refractivity contribution is 0.0637. The molecule has 0 spiro atoms. The number of carbonyl (C=O) groups is 1. The van der Waals surface area contributed by atoms with Crippen molar-refractivity contribution in [3.05, 3.63) is 11.8 Å². The smallest absolute Gasteiger partial charge is 0.292 e. The highest BCUT2D eigenvalue weighted by molar-refractivity contribution is 5.92. The fourth-order valence-electron chi connectivity index (χ4n) is 2.31. The molecule has 16 heavy (non-hydrogen) atoms. The van der Waals surface area contributed by atoms with Crippen molar-refractivity contribution in [1.82, 2.24) is 15.4 Å². The van der Waals surface area contributed by atoms with Crippen LogP contribution in [0.5, 0.6) is 5.88 Å². The first-order valence-corrected chi connectivity index (χ1v) is 5.34. The van der Waals surface area contributed by atoms with Crippen LogP contribution in [-0.4, -0.2) is 48.2 Å². The SMILES string of the molecule is COc1cc(C(=O)N2CCC3NCC32)on1. The number of methoxy groups -OCH3 is 1. The first-order chi connectivity index (χ1) is 7.79. The van der Waals surface area contributed by atoms with Crippen molar-refractivity contribution in [2.75, 3.05) is 20.2 Å². The van der Waals surface area contributed by atoms with Crippen molar-refractivity contribution in [2.45, 2.75) is 18.5 Å². The fraction of sp³-hybridized carbons (Fsp3) is 0.600. The molecular formula is C10H13N3O3. The van der Waals surface area contributed by atoms with Crippen LogP contribution in [0.15, 0.2) is 10.6 Å². The third-order valence-electron chi connectivity index (χ3n) is 3.30. The number of amides is 1. The molecule has 1 aromatic rings. The number of hydrogen-bond donors (Lipinski definition) is 1. The number of nitrogens with zero attached hydrogens (tertiary/aromatic N) is 2. The molecule has 2 saturated heterocycles. The van der Waals surface area contributed by atoms with Gasteiger partial charge in [0.15, 0.2) is 0 Å². The van der Waals surface area contributed by atoms with Crippen molar-refractivity contribution in [2.24, 2.45) is 0 Å². The summed E-state index contributed by atoms with van der Waals surface area (Å²) in [5, 5.41) is 6.92. The van der Waals surface area contributed by atoms with Crippen LogP contribution < -0.4 is 10.1 Å². The van der Waals surface area contributed by atoms with E-state index in [1.54, 1.807) is 0 Å². The molecule has 6 nitrogen and oxygen atoms in total. The first-order valence-electron chi connectivity index (χ1n) is 5.34. The number of hydrogen-bond acceptors (Lipinski definition) is 5. The molecule has 0 aliphatic carbocycles. The van der Waals surface area contributed by atoms with E-state index in [1.807, 2.05) is 4.90 Å². The lowest BCUT2D eigenvalue weighted by Crippen LogP contribution is -2.60. The van der Waals surface area contributed by atoms with E-state index >= 15 is 0 Å². The summed E-state index contributed by atoms with van der Waals surface area (Å²) in [5.41, 5.74) is 0. The quantitative estimate of drug-likeness (QED) is 0.756. The van der Waals surface area contributed by atoms with Crippen LogP contribution in [0.4, 0.5) is 0 Å². The molecule has 1 N–H and O–H groups in total. The Kier molecular flexibility index (Phi) is 2.10. The third kappa shape index (κ3) is 1.30. The number of likely N-dealkylation sites (tertiary alicyclic amines) is 1. The lowest BCUT2D eigenvalue weighted by atomic mass is 10.0. The Balaban J connectivity index is 1.77. The lowest BCUT2D eigenvalue weighted by Gasteiger charge is -2.36. The topological polar surface area (TPSA) is 67.6 Å². The molecule has 1 amide bonds. The number of fused-ring (bicyclic) bond motifs is 1. The molecule has 2 aliphatic heterocycles. The Morgan fingerprint density at radius 3 is 3.19 bits per heavy atom. The van der Waals surface area contributed by atoms with Crippen LogP contribution in [0.25, 0.3) is 0 Å². The maximum atomic E-state index is 12.1. The minimum atomic E-state index is -0.0928. The zero-order valence-electron chi connectivity index (χ0n) is 8.97. The van der Waals surface area contributed by atoms with Crippen LogP contribution >= 0.6 is 0 Å². The van der Waals surface area contributed by atoms with E-state index in [9.17, 15) is 4.79 Å². The van der Waals surface area contributed by atoms with Crippen molar-refractivity contribution < 1.29 is 14.1 Å². The Hall–Kier alpha value is -1.56. The predicted molar refractivity (Wildman–Crippen MR) is 54.3 cm³/mol. The second-order valence-electron chi connectivity index (χ2n) is 4.10. The zero-order valence-corrected chi connectivity index (χ0v) is 8.97. The molecule has 1 aromatic heterocycles. The summed E-state index contributed by atoms with van der Waals surface area (Å²) in [7, 11) is 1.49. The molecule has 2 atom stereocenters. The number of rotatable bonds is 2. The van der Waals surface area contributed by atoms with Crippen LogP contribution in [0.2, 0.25) is 0 Å². The average molecular weight is 223 g/mol. The Bertz CT molecular complexity index is 417. The standard InChI is InChI=1S/C10H13N3O3/c1-15-9-4-8(16-12-9)10(14)13-3-2-6-7(13)5-11-6/h4,6-7,11H,2-3,5H2,1H3. The highest BCUT2D eigenvalue weighted by atomic mass is 16.5. The second-order valence-corrected chi connectivity index (χ2v) is 4.10. The summed E-state index contributed by atoms with van der Waals surface area (Å²) >= 11 is 0. The van der Waals surface area contributed by atoms with Gasteiger partial charge in [-0.15, -0.1) is 0 Å². The highest BCUT2D eigenvalue weighted by Crippen LogP contribution is 2.26. The van der Waals surface area contributed by atoms with Gasteiger partial charge in [-0.1, -0.05) is 0 Å². The summed E-state index contributed by atoms with van der Waals surface area (Å²) in [6.45, 7) is 1.66. The first kappa shape index (κ1) is 9.65. The van der Waals surface area contributed by atoms with Gasteiger partial charge in [-0.25, -0.2) is 0 Å². The summed E-state index contributed by atoms with van der Waals surface area (Å²) < 4.78 is 9.83. The number of nitrogens with one attached hydrogen (secondary N) is 1. The van der Waals surface area contributed by atoms with Crippen molar-refractivity contribution in [1.29, 1.82) is 0 Å². The summed E-state index contributed by atoms with van der Waals surface area (Å²) in [6.07, 6.45) is 1.02. The normalized spacial score (nSPS) is 27.4. The van der Waals surface area contributed by atoms with Crippen molar-refractivity contribution >= 4 is 5.91 Å². The van der Waals surface area contributed by atoms with Gasteiger partial charge in [0.05, 0.1) is 19.2 Å². The van der Waals surface area contributed by atoms with E-state index in [-0.39, 0.29) is 11.7 Å². The Labute approximate surface area is 92.5 Å². The molecule has 6 heteroatoms. The van der Waals surface area contributed by atoms with Gasteiger partial charge in [0.25, 0.3) is 11.8 Å². The molecule has 0 radical (unpaired) electrons. The monoisotopic (exact) mass is 223 g/mol. The number of carbonyl (C=O) groups excluding carboxylic acids is 1. The van der Waals surface area contributed by atoms with Gasteiger partial charge < -0.3 is 19.5 Å². The molecule has 86 valence electrons. The van der Waals surface area contributed by atoms with Gasteiger partial charge in [0.1, 0.15) is 0 Å². The summed E-state index contributed by atoms with van der Waals surface area (Å²) in [5.74, 6) is 0.500. The molecule has 0 bridgehead atoms. The average Bonchev–Trinajstić information content (AvgIpc) is 2.82. The van der Waals surface area contributed by atoms with E-state index in [1.165, 1.54) is 13.2 Å². The maximum Gasteiger partial charge on any atom is 0.292 e. The minimum Gasteiger partial charge on any atom is -0.479 e. The van der Waals surface area contributed by atoms with Crippen LogP contribution in [0.1, 0.15) is 17.0 Å². The molecule has 0 saturated carbocycles. The highest BCUT2D eigenvalue weighted by Gasteiger charge is 2.43. The van der Waals surface area contributed by atoms with E-state index in [0.717, 1.165) is 19.5 Å². The van der Waals surface area contributed by atoms with E-state index in [2.05, 4.69) is 10.5 Å². The minimum absolute atomic E-state index is 0.0928. The van der Waals surface area contributed by atoms with E-state index < -0.39 is 0 Å². The second kappa shape index (κ2) is 3.48. The van der Waals surface area contributed by atoms with Gasteiger partial charge in [0.2, 0.25) is 5.76 Å². The third-order valence-corrected chi connectivity index (χ3v) is 3.30. The van der Waals surface area contributed by atoms with Crippen LogP contribution in [0.3, 0.4) is 0 Å². The predicted octanol–water partition coefficient (Wildman–Crippen LogP) is -0.131. The maximum absolute atomic E-state index is 12.1. The number of ether oxygens (including phenoxy) is 1. The molecule has 2 fully saturated rings. The van der Waals surface area contributed by atoms with Crippen LogP contribution in [0, 0.1) is 0 Å². The van der Waals surface area contributed by atoms with Gasteiger partial charge in [-0.2, -0.15) is 0 Å². The Morgan fingerprint density at radius 1 is 1.75 bits per heavy atom. The zero-order chi connectivity index (χ0) is 11.1. The molecule has 2 unspecified atom stereocenters. The molecule has 3 heterocycles. The fourth-order valence-corrected chi connectivity index (χ4v) is 2.31. The molecule has 3 rings (SSSR count). The van der Waals surface area contributed by atoms with Crippen molar-refractivity contribution in [3.63, 3.8) is 0 Å².